The Kier molecular flexibility index (Phi) is 6.01. The summed E-state index contributed by atoms with van der Waals surface area (Å²) in [4.78, 5) is 10.0. The highest BCUT2D eigenvalue weighted by molar-refractivity contribution is 6.11. The average molecular weight is 656 g/mol. The van der Waals surface area contributed by atoms with Crippen molar-refractivity contribution in [1.82, 2.24) is 14.5 Å². The number of allylic oxidation sites excluding steroid dienone is 2. The Morgan fingerprint density at radius 2 is 1.22 bits per heavy atom. The van der Waals surface area contributed by atoms with Crippen molar-refractivity contribution in [3.8, 4) is 39.7 Å². The van der Waals surface area contributed by atoms with Crippen molar-refractivity contribution in [2.75, 3.05) is 0 Å². The Bertz CT molecular complexity index is 2790. The van der Waals surface area contributed by atoms with E-state index in [2.05, 4.69) is 126 Å². The number of benzene rings is 6. The molecule has 0 bridgehead atoms. The highest BCUT2D eigenvalue weighted by Gasteiger charge is 2.36. The number of ether oxygens (including phenoxy) is 1. The minimum atomic E-state index is -0.0972. The first-order chi connectivity index (χ1) is 25.3. The summed E-state index contributed by atoms with van der Waals surface area (Å²) in [5.74, 6) is 1.59. The number of hydrogen-bond acceptors (Lipinski definition) is 4. The van der Waals surface area contributed by atoms with E-state index in [1.54, 1.807) is 0 Å². The molecular weight excluding hydrogens is 627 g/mol. The van der Waals surface area contributed by atoms with Crippen LogP contribution < -0.4 is 4.74 Å². The molecule has 5 heteroatoms. The number of furan rings is 1. The van der Waals surface area contributed by atoms with Gasteiger partial charge in [0, 0.05) is 55.4 Å². The van der Waals surface area contributed by atoms with E-state index in [0.29, 0.717) is 5.82 Å². The first kappa shape index (κ1) is 28.2. The summed E-state index contributed by atoms with van der Waals surface area (Å²) >= 11 is 0. The second-order valence-corrected chi connectivity index (χ2v) is 13.3. The third-order valence-corrected chi connectivity index (χ3v) is 10.4. The lowest BCUT2D eigenvalue weighted by Gasteiger charge is -2.20. The molecule has 1 aliphatic carbocycles. The Morgan fingerprint density at radius 3 is 1.96 bits per heavy atom. The Hall–Kier alpha value is -6.72. The van der Waals surface area contributed by atoms with Crippen molar-refractivity contribution < 1.29 is 9.15 Å². The van der Waals surface area contributed by atoms with Gasteiger partial charge in [-0.05, 0) is 60.7 Å². The van der Waals surface area contributed by atoms with Crippen LogP contribution in [0, 0.1) is 0 Å². The Balaban J connectivity index is 1.02. The molecule has 0 saturated carbocycles. The molecule has 5 nitrogen and oxygen atoms in total. The van der Waals surface area contributed by atoms with Gasteiger partial charge in [-0.1, -0.05) is 103 Å². The quantitative estimate of drug-likeness (QED) is 0.189. The highest BCUT2D eigenvalue weighted by atomic mass is 16.5. The van der Waals surface area contributed by atoms with Gasteiger partial charge in [-0.25, -0.2) is 9.97 Å². The smallest absolute Gasteiger partial charge is 0.177 e. The van der Waals surface area contributed by atoms with E-state index in [0.717, 1.165) is 67.0 Å². The molecule has 4 heterocycles. The second-order valence-electron chi connectivity index (χ2n) is 13.3. The molecule has 0 fully saturated rings. The predicted molar refractivity (Wildman–Crippen MR) is 206 cm³/mol. The van der Waals surface area contributed by atoms with E-state index in [9.17, 15) is 0 Å². The summed E-state index contributed by atoms with van der Waals surface area (Å²) in [7, 11) is 0. The predicted octanol–water partition coefficient (Wildman–Crippen LogP) is 11.4. The lowest BCUT2D eigenvalue weighted by molar-refractivity contribution is 0.269. The highest BCUT2D eigenvalue weighted by Crippen LogP contribution is 2.49. The van der Waals surface area contributed by atoms with Crippen LogP contribution >= 0.6 is 0 Å². The van der Waals surface area contributed by atoms with Gasteiger partial charge >= 0.3 is 0 Å². The van der Waals surface area contributed by atoms with E-state index in [1.807, 2.05) is 42.5 Å². The number of para-hydroxylation sites is 2. The van der Waals surface area contributed by atoms with Crippen molar-refractivity contribution in [3.05, 3.63) is 169 Å². The second kappa shape index (κ2) is 10.9. The van der Waals surface area contributed by atoms with Crippen LogP contribution in [-0.4, -0.2) is 20.6 Å². The lowest BCUT2D eigenvalue weighted by Crippen LogP contribution is -2.18. The zero-order valence-electron chi connectivity index (χ0n) is 27.4. The monoisotopic (exact) mass is 655 g/mol. The first-order valence-corrected chi connectivity index (χ1v) is 17.3. The van der Waals surface area contributed by atoms with Gasteiger partial charge in [0.2, 0.25) is 0 Å². The summed E-state index contributed by atoms with van der Waals surface area (Å²) in [5, 5.41) is 4.57. The molecule has 9 aromatic rings. The van der Waals surface area contributed by atoms with Crippen LogP contribution in [0.2, 0.25) is 0 Å². The van der Waals surface area contributed by atoms with Gasteiger partial charge in [-0.15, -0.1) is 0 Å². The lowest BCUT2D eigenvalue weighted by atomic mass is 9.90. The summed E-state index contributed by atoms with van der Waals surface area (Å²) in [6.07, 6.45) is 6.65. The Morgan fingerprint density at radius 1 is 0.549 bits per heavy atom. The largest absolute Gasteiger partial charge is 0.481 e. The number of nitrogens with zero attached hydrogens (tertiary/aromatic N) is 3. The summed E-state index contributed by atoms with van der Waals surface area (Å²) < 4.78 is 15.6. The minimum absolute atomic E-state index is 0.0712. The zero-order chi connectivity index (χ0) is 33.5. The average Bonchev–Trinajstić information content (AvgIpc) is 3.87. The van der Waals surface area contributed by atoms with Crippen molar-refractivity contribution in [3.63, 3.8) is 0 Å². The van der Waals surface area contributed by atoms with Crippen LogP contribution in [0.5, 0.6) is 5.75 Å². The van der Waals surface area contributed by atoms with E-state index >= 15 is 0 Å². The molecule has 2 aliphatic rings. The van der Waals surface area contributed by atoms with Gasteiger partial charge in [0.15, 0.2) is 17.2 Å². The number of rotatable bonds is 4. The van der Waals surface area contributed by atoms with E-state index < -0.39 is 0 Å². The normalized spacial score (nSPS) is 16.4. The summed E-state index contributed by atoms with van der Waals surface area (Å²) in [6.45, 7) is 0. The van der Waals surface area contributed by atoms with Gasteiger partial charge < -0.3 is 13.7 Å². The summed E-state index contributed by atoms with van der Waals surface area (Å²) in [5.41, 5.74) is 11.1. The molecule has 6 aromatic carbocycles. The molecule has 0 N–H and O–H groups in total. The van der Waals surface area contributed by atoms with Crippen molar-refractivity contribution in [2.24, 2.45) is 0 Å². The molecule has 0 amide bonds. The maximum atomic E-state index is 6.68. The van der Waals surface area contributed by atoms with Crippen molar-refractivity contribution >= 4 is 49.4 Å². The molecule has 2 atom stereocenters. The molecule has 2 unspecified atom stereocenters. The van der Waals surface area contributed by atoms with Crippen LogP contribution in [0.15, 0.2) is 168 Å². The number of fused-ring (bicyclic) bond motifs is 10. The van der Waals surface area contributed by atoms with Crippen molar-refractivity contribution in [1.29, 1.82) is 0 Å². The maximum absolute atomic E-state index is 6.68. The Labute approximate surface area is 293 Å². The molecular formula is C46H29N3O2. The SMILES string of the molecule is C1=CC2Oc3c(ccc4c3oc3ccc(-c5cc(-c6ccccc6)nc(-c6ccccc6)n5)cc34)C2C=C1n1c2ccccc2c2ccccc21. The third kappa shape index (κ3) is 4.35. The molecule has 1 aliphatic heterocycles. The molecule has 0 spiro atoms. The van der Waals surface area contributed by atoms with Crippen LogP contribution in [0.4, 0.5) is 0 Å². The van der Waals surface area contributed by atoms with Gasteiger partial charge in [0.05, 0.1) is 22.4 Å². The molecule has 0 radical (unpaired) electrons. The van der Waals surface area contributed by atoms with E-state index in [1.165, 1.54) is 21.8 Å². The number of aromatic nitrogens is 3. The number of hydrogen-bond donors (Lipinski definition) is 0. The van der Waals surface area contributed by atoms with Gasteiger partial charge in [-0.3, -0.25) is 0 Å². The van der Waals surface area contributed by atoms with Gasteiger partial charge in [0.25, 0.3) is 0 Å². The molecule has 0 saturated heterocycles. The molecule has 51 heavy (non-hydrogen) atoms. The minimum Gasteiger partial charge on any atom is -0.481 e. The van der Waals surface area contributed by atoms with Crippen LogP contribution in [0.25, 0.3) is 83.3 Å². The zero-order valence-corrected chi connectivity index (χ0v) is 27.4. The van der Waals surface area contributed by atoms with E-state index in [-0.39, 0.29) is 12.0 Å². The third-order valence-electron chi connectivity index (χ3n) is 10.4. The fourth-order valence-corrected chi connectivity index (χ4v) is 7.96. The van der Waals surface area contributed by atoms with Gasteiger partial charge in [0.1, 0.15) is 11.7 Å². The topological polar surface area (TPSA) is 53.1 Å². The molecule has 11 rings (SSSR count). The molecule has 3 aromatic heterocycles. The summed E-state index contributed by atoms with van der Waals surface area (Å²) in [6, 6.07) is 50.5. The fraction of sp³-hybridized carbons (Fsp3) is 0.0435. The van der Waals surface area contributed by atoms with E-state index in [4.69, 9.17) is 19.1 Å². The first-order valence-electron chi connectivity index (χ1n) is 17.3. The molecule has 240 valence electrons. The van der Waals surface area contributed by atoms with Gasteiger partial charge in [-0.2, -0.15) is 0 Å². The standard InChI is InChI=1S/C46H29N3O2/c1-3-11-28(12-4-1)38-27-39(48-46(47-38)29-13-5-2-6-14-29)30-19-23-42-36(25-30)34-21-22-35-37-26-31(20-24-43(37)51-45(35)44(34)50-42)49-40-17-9-7-15-32(40)33-16-8-10-18-41(33)49/h1-27,37,43H. The van der Waals surface area contributed by atoms with Crippen LogP contribution in [0.1, 0.15) is 11.5 Å². The van der Waals surface area contributed by atoms with Crippen molar-refractivity contribution in [2.45, 2.75) is 12.0 Å². The fourth-order valence-electron chi connectivity index (χ4n) is 7.96. The van der Waals surface area contributed by atoms with Crippen LogP contribution in [-0.2, 0) is 0 Å². The van der Waals surface area contributed by atoms with Crippen LogP contribution in [0.3, 0.4) is 0 Å². The maximum Gasteiger partial charge on any atom is 0.177 e.